The van der Waals surface area contributed by atoms with Crippen molar-refractivity contribution >= 4 is 34.8 Å². The van der Waals surface area contributed by atoms with E-state index in [4.69, 9.17) is 0 Å². The molecule has 0 aliphatic carbocycles. The fraction of sp³-hybridized carbons (Fsp3) is 0.111. The topological polar surface area (TPSA) is 117 Å². The Labute approximate surface area is 158 Å². The largest absolute Gasteiger partial charge is 0.504 e. The van der Waals surface area contributed by atoms with Gasteiger partial charge in [0.1, 0.15) is 0 Å². The summed E-state index contributed by atoms with van der Waals surface area (Å²) in [4.78, 5) is 28.7. The zero-order valence-corrected chi connectivity index (χ0v) is 15.1. The van der Waals surface area contributed by atoms with Crippen molar-refractivity contribution in [3.63, 3.8) is 0 Å². The number of thioether (sulfide) groups is 1. The number of aromatic hydroxyl groups is 2. The number of benzene rings is 2. The number of nitrogens with one attached hydrogen (secondary N) is 1. The van der Waals surface area contributed by atoms with Crippen molar-refractivity contribution in [2.45, 2.75) is 5.16 Å². The first kappa shape index (κ1) is 18.5. The molecule has 0 aliphatic heterocycles. The molecule has 1 amide bonds. The lowest BCUT2D eigenvalue weighted by atomic mass is 10.2. The molecule has 0 fully saturated rings. The average Bonchev–Trinajstić information content (AvgIpc) is 2.66. The van der Waals surface area contributed by atoms with Crippen LogP contribution >= 0.6 is 11.8 Å². The van der Waals surface area contributed by atoms with Gasteiger partial charge in [0.05, 0.1) is 22.9 Å². The quantitative estimate of drug-likeness (QED) is 0.202. The molecule has 27 heavy (non-hydrogen) atoms. The molecule has 1 aromatic heterocycles. The zero-order chi connectivity index (χ0) is 19.4. The van der Waals surface area contributed by atoms with E-state index in [0.29, 0.717) is 21.6 Å². The molecule has 1 heterocycles. The van der Waals surface area contributed by atoms with E-state index in [1.165, 1.54) is 29.0 Å². The number of phenolic OH excluding ortho intramolecular Hbond substituents is 2. The third-order valence-corrected chi connectivity index (χ3v) is 4.71. The van der Waals surface area contributed by atoms with Crippen LogP contribution in [0.1, 0.15) is 5.56 Å². The van der Waals surface area contributed by atoms with Crippen LogP contribution in [-0.4, -0.2) is 37.6 Å². The molecule has 3 aromatic rings. The zero-order valence-electron chi connectivity index (χ0n) is 14.3. The second-order valence-electron chi connectivity index (χ2n) is 5.61. The van der Waals surface area contributed by atoms with Crippen LogP contribution < -0.4 is 11.0 Å². The number of nitrogens with zero attached hydrogens (tertiary/aromatic N) is 3. The summed E-state index contributed by atoms with van der Waals surface area (Å²) in [5, 5.41) is 23.4. The number of carbonyl (C=O) groups is 1. The van der Waals surface area contributed by atoms with Crippen molar-refractivity contribution in [2.75, 3.05) is 5.75 Å². The number of rotatable bonds is 5. The summed E-state index contributed by atoms with van der Waals surface area (Å²) in [7, 11) is 1.61. The van der Waals surface area contributed by atoms with Crippen LogP contribution in [0.25, 0.3) is 10.9 Å². The summed E-state index contributed by atoms with van der Waals surface area (Å²) in [5.41, 5.74) is 3.27. The van der Waals surface area contributed by atoms with Gasteiger partial charge < -0.3 is 10.2 Å². The van der Waals surface area contributed by atoms with Gasteiger partial charge >= 0.3 is 0 Å². The molecule has 138 valence electrons. The Kier molecular flexibility index (Phi) is 5.41. The molecule has 0 unspecified atom stereocenters. The van der Waals surface area contributed by atoms with Crippen LogP contribution in [0, 0.1) is 0 Å². The Morgan fingerprint density at radius 3 is 2.81 bits per heavy atom. The summed E-state index contributed by atoms with van der Waals surface area (Å²) in [5.74, 6) is -0.858. The molecule has 0 atom stereocenters. The van der Waals surface area contributed by atoms with Gasteiger partial charge in [0, 0.05) is 7.05 Å². The molecule has 0 saturated heterocycles. The molecule has 8 nitrogen and oxygen atoms in total. The number of hydrogen-bond acceptors (Lipinski definition) is 7. The molecule has 9 heteroatoms. The normalized spacial score (nSPS) is 11.1. The Balaban J connectivity index is 1.63. The van der Waals surface area contributed by atoms with Gasteiger partial charge in [-0.05, 0) is 35.9 Å². The van der Waals surface area contributed by atoms with Crippen LogP contribution in [0.4, 0.5) is 0 Å². The van der Waals surface area contributed by atoms with Gasteiger partial charge in [-0.3, -0.25) is 14.2 Å². The number of carbonyl (C=O) groups excluding carboxylic acids is 1. The van der Waals surface area contributed by atoms with Gasteiger partial charge in [0.15, 0.2) is 16.7 Å². The maximum atomic E-state index is 12.3. The molecular formula is C18H16N4O4S. The predicted molar refractivity (Wildman–Crippen MR) is 103 cm³/mol. The fourth-order valence-electron chi connectivity index (χ4n) is 2.29. The van der Waals surface area contributed by atoms with Crippen molar-refractivity contribution in [1.29, 1.82) is 0 Å². The molecule has 0 bridgehead atoms. The maximum absolute atomic E-state index is 12.3. The summed E-state index contributed by atoms with van der Waals surface area (Å²) in [6.45, 7) is 0. The molecule has 2 aromatic carbocycles. The average molecular weight is 384 g/mol. The van der Waals surface area contributed by atoms with E-state index in [2.05, 4.69) is 15.5 Å². The predicted octanol–water partition coefficient (Wildman–Crippen LogP) is 1.59. The standard InChI is InChI=1S/C18H16N4O4S/c1-22-17(26)12-4-2-3-5-13(12)20-18(22)27-10-16(25)21-19-9-11-6-7-14(23)15(24)8-11/h2-9,23-24H,10H2,1H3,(H,21,25)/b19-9+. The number of hydrazone groups is 1. The molecule has 3 N–H and O–H groups in total. The molecule has 0 spiro atoms. The number of amides is 1. The smallest absolute Gasteiger partial charge is 0.261 e. The lowest BCUT2D eigenvalue weighted by Gasteiger charge is -2.08. The van der Waals surface area contributed by atoms with E-state index in [1.54, 1.807) is 31.3 Å². The highest BCUT2D eigenvalue weighted by atomic mass is 32.2. The van der Waals surface area contributed by atoms with Gasteiger partial charge in [0.2, 0.25) is 0 Å². The van der Waals surface area contributed by atoms with Crippen LogP contribution in [0.5, 0.6) is 11.5 Å². The SMILES string of the molecule is Cn1c(SCC(=O)N/N=C/c2ccc(O)c(O)c2)nc2ccccc2c1=O. The van der Waals surface area contributed by atoms with E-state index >= 15 is 0 Å². The van der Waals surface area contributed by atoms with E-state index in [0.717, 1.165) is 11.8 Å². The van der Waals surface area contributed by atoms with Crippen LogP contribution in [0.15, 0.2) is 57.5 Å². The van der Waals surface area contributed by atoms with Gasteiger partial charge in [-0.2, -0.15) is 5.10 Å². The van der Waals surface area contributed by atoms with Crippen LogP contribution in [-0.2, 0) is 11.8 Å². The van der Waals surface area contributed by atoms with Crippen molar-refractivity contribution in [3.05, 3.63) is 58.4 Å². The van der Waals surface area contributed by atoms with Crippen LogP contribution in [0.2, 0.25) is 0 Å². The lowest BCUT2D eigenvalue weighted by Crippen LogP contribution is -2.23. The third-order valence-electron chi connectivity index (χ3n) is 3.68. The van der Waals surface area contributed by atoms with Gasteiger partial charge in [-0.25, -0.2) is 10.4 Å². The van der Waals surface area contributed by atoms with Crippen LogP contribution in [0.3, 0.4) is 0 Å². The van der Waals surface area contributed by atoms with Gasteiger partial charge in [-0.15, -0.1) is 0 Å². The summed E-state index contributed by atoms with van der Waals surface area (Å²) in [6.07, 6.45) is 1.34. The van der Waals surface area contributed by atoms with E-state index in [9.17, 15) is 19.8 Å². The Bertz CT molecular complexity index is 1090. The first-order chi connectivity index (χ1) is 13.0. The molecule has 0 aliphatic rings. The number of para-hydroxylation sites is 1. The minimum Gasteiger partial charge on any atom is -0.504 e. The summed E-state index contributed by atoms with van der Waals surface area (Å²) >= 11 is 1.13. The highest BCUT2D eigenvalue weighted by Crippen LogP contribution is 2.24. The number of hydrogen-bond donors (Lipinski definition) is 3. The number of fused-ring (bicyclic) bond motifs is 1. The highest BCUT2D eigenvalue weighted by molar-refractivity contribution is 7.99. The molecular weight excluding hydrogens is 368 g/mol. The van der Waals surface area contributed by atoms with Crippen molar-refractivity contribution in [3.8, 4) is 11.5 Å². The second kappa shape index (κ2) is 7.92. The van der Waals surface area contributed by atoms with Crippen molar-refractivity contribution in [1.82, 2.24) is 15.0 Å². The fourth-order valence-corrected chi connectivity index (χ4v) is 3.05. The second-order valence-corrected chi connectivity index (χ2v) is 6.55. The molecule has 0 saturated carbocycles. The van der Waals surface area contributed by atoms with E-state index in [-0.39, 0.29) is 28.7 Å². The monoisotopic (exact) mass is 384 g/mol. The summed E-state index contributed by atoms with van der Waals surface area (Å²) < 4.78 is 1.41. The van der Waals surface area contributed by atoms with Gasteiger partial charge in [-0.1, -0.05) is 23.9 Å². The first-order valence-corrected chi connectivity index (χ1v) is 8.86. The lowest BCUT2D eigenvalue weighted by molar-refractivity contribution is -0.118. The number of aromatic nitrogens is 2. The third kappa shape index (κ3) is 4.26. The van der Waals surface area contributed by atoms with E-state index in [1.807, 2.05) is 0 Å². The Morgan fingerprint density at radius 1 is 1.26 bits per heavy atom. The first-order valence-electron chi connectivity index (χ1n) is 7.88. The number of phenols is 2. The Hall–Kier alpha value is -3.33. The minimum absolute atomic E-state index is 0.0246. The van der Waals surface area contributed by atoms with Crippen molar-refractivity contribution < 1.29 is 15.0 Å². The maximum Gasteiger partial charge on any atom is 0.261 e. The minimum atomic E-state index is -0.373. The van der Waals surface area contributed by atoms with E-state index < -0.39 is 0 Å². The molecule has 0 radical (unpaired) electrons. The Morgan fingerprint density at radius 2 is 2.04 bits per heavy atom. The summed E-state index contributed by atoms with van der Waals surface area (Å²) in [6, 6.07) is 11.2. The molecule has 3 rings (SSSR count). The van der Waals surface area contributed by atoms with Crippen molar-refractivity contribution in [2.24, 2.45) is 12.1 Å². The van der Waals surface area contributed by atoms with Gasteiger partial charge in [0.25, 0.3) is 11.5 Å². The highest BCUT2D eigenvalue weighted by Gasteiger charge is 2.10.